The number of rotatable bonds is 5. The molecule has 0 aromatic heterocycles. The van der Waals surface area contributed by atoms with Crippen molar-refractivity contribution >= 4 is 22.0 Å². The van der Waals surface area contributed by atoms with Gasteiger partial charge in [0.2, 0.25) is 0 Å². The zero-order valence-electron chi connectivity index (χ0n) is 13.2. The van der Waals surface area contributed by atoms with E-state index in [1.165, 1.54) is 19.0 Å². The number of benzene rings is 1. The second-order valence-corrected chi connectivity index (χ2v) is 7.57. The molecule has 2 rings (SSSR count). The van der Waals surface area contributed by atoms with Crippen molar-refractivity contribution in [1.29, 1.82) is 0 Å². The monoisotopic (exact) mass is 327 g/mol. The largest absolute Gasteiger partial charge is 0.443 e. The molecule has 1 aliphatic rings. The molecule has 8 heteroatoms. The molecule has 1 aliphatic heterocycles. The van der Waals surface area contributed by atoms with E-state index in [4.69, 9.17) is 4.74 Å². The molecule has 0 spiro atoms. The molecular formula is C14H21N3O4S. The average Bonchev–Trinajstić information content (AvgIpc) is 2.76. The van der Waals surface area contributed by atoms with Gasteiger partial charge in [0, 0.05) is 19.8 Å². The maximum atomic E-state index is 12.0. The number of carbonyl (C=O) groups is 1. The highest BCUT2D eigenvalue weighted by Crippen LogP contribution is 2.24. The SMILES string of the molecule is Cc1cc(C)cc(N2CC(CNS(=O)(=O)N(C)C)OC2=O)c1. The van der Waals surface area contributed by atoms with Crippen molar-refractivity contribution in [1.82, 2.24) is 9.03 Å². The Hall–Kier alpha value is -1.64. The van der Waals surface area contributed by atoms with Crippen molar-refractivity contribution in [2.75, 3.05) is 32.1 Å². The van der Waals surface area contributed by atoms with Gasteiger partial charge in [0.25, 0.3) is 10.2 Å². The van der Waals surface area contributed by atoms with Crippen LogP contribution in [0.2, 0.25) is 0 Å². The van der Waals surface area contributed by atoms with Gasteiger partial charge in [-0.3, -0.25) is 4.90 Å². The van der Waals surface area contributed by atoms with Gasteiger partial charge in [-0.15, -0.1) is 0 Å². The maximum absolute atomic E-state index is 12.0. The molecule has 0 aliphatic carbocycles. The van der Waals surface area contributed by atoms with Crippen LogP contribution < -0.4 is 9.62 Å². The molecule has 1 heterocycles. The summed E-state index contributed by atoms with van der Waals surface area (Å²) in [7, 11) is -0.655. The average molecular weight is 327 g/mol. The van der Waals surface area contributed by atoms with Crippen LogP contribution in [0.5, 0.6) is 0 Å². The zero-order valence-corrected chi connectivity index (χ0v) is 14.0. The Morgan fingerprint density at radius 3 is 2.41 bits per heavy atom. The van der Waals surface area contributed by atoms with Gasteiger partial charge in [-0.25, -0.2) is 4.79 Å². The Kier molecular flexibility index (Phi) is 4.74. The van der Waals surface area contributed by atoms with Crippen LogP contribution in [0.4, 0.5) is 10.5 Å². The Balaban J connectivity index is 2.05. The highest BCUT2D eigenvalue weighted by Gasteiger charge is 2.33. The first-order chi connectivity index (χ1) is 10.2. The quantitative estimate of drug-likeness (QED) is 0.876. The summed E-state index contributed by atoms with van der Waals surface area (Å²) in [6.45, 7) is 4.28. The fraction of sp³-hybridized carbons (Fsp3) is 0.500. The number of carbonyl (C=O) groups excluding carboxylic acids is 1. The topological polar surface area (TPSA) is 79.0 Å². The summed E-state index contributed by atoms with van der Waals surface area (Å²) >= 11 is 0. The van der Waals surface area contributed by atoms with E-state index in [-0.39, 0.29) is 6.54 Å². The van der Waals surface area contributed by atoms with E-state index >= 15 is 0 Å². The van der Waals surface area contributed by atoms with Crippen LogP contribution in [-0.2, 0) is 14.9 Å². The Morgan fingerprint density at radius 1 is 1.27 bits per heavy atom. The van der Waals surface area contributed by atoms with Gasteiger partial charge >= 0.3 is 6.09 Å². The molecule has 1 N–H and O–H groups in total. The number of anilines is 1. The van der Waals surface area contributed by atoms with Gasteiger partial charge in [-0.1, -0.05) is 6.07 Å². The molecule has 1 aromatic rings. The number of nitrogens with zero attached hydrogens (tertiary/aromatic N) is 2. The normalized spacial score (nSPS) is 18.9. The van der Waals surface area contributed by atoms with Crippen LogP contribution in [-0.4, -0.2) is 52.1 Å². The molecule has 1 unspecified atom stereocenters. The fourth-order valence-corrected chi connectivity index (χ4v) is 2.93. The first-order valence-corrected chi connectivity index (χ1v) is 8.36. The second-order valence-electron chi connectivity index (χ2n) is 5.60. The van der Waals surface area contributed by atoms with Gasteiger partial charge in [0.15, 0.2) is 0 Å². The maximum Gasteiger partial charge on any atom is 0.414 e. The van der Waals surface area contributed by atoms with Crippen LogP contribution in [0.1, 0.15) is 11.1 Å². The fourth-order valence-electron chi connectivity index (χ4n) is 2.27. The molecule has 122 valence electrons. The lowest BCUT2D eigenvalue weighted by molar-refractivity contribution is 0.143. The molecule has 0 bridgehead atoms. The van der Waals surface area contributed by atoms with Crippen LogP contribution in [0.3, 0.4) is 0 Å². The standard InChI is InChI=1S/C14H21N3O4S/c1-10-5-11(2)7-12(6-10)17-9-13(21-14(17)18)8-15-22(19,20)16(3)4/h5-7,13,15H,8-9H2,1-4H3. The number of nitrogens with one attached hydrogen (secondary N) is 1. The van der Waals surface area contributed by atoms with E-state index in [2.05, 4.69) is 4.72 Å². The number of ether oxygens (including phenoxy) is 1. The predicted octanol–water partition coefficient (Wildman–Crippen LogP) is 1.02. The van der Waals surface area contributed by atoms with Crippen LogP contribution in [0.25, 0.3) is 0 Å². The van der Waals surface area contributed by atoms with Crippen molar-refractivity contribution in [2.24, 2.45) is 0 Å². The molecule has 1 saturated heterocycles. The second kappa shape index (κ2) is 6.23. The lowest BCUT2D eigenvalue weighted by atomic mass is 10.1. The third-order valence-electron chi connectivity index (χ3n) is 3.37. The van der Waals surface area contributed by atoms with Gasteiger partial charge in [0.1, 0.15) is 6.10 Å². The van der Waals surface area contributed by atoms with E-state index in [0.29, 0.717) is 6.54 Å². The Bertz CT molecular complexity index is 652. The molecule has 1 atom stereocenters. The molecule has 22 heavy (non-hydrogen) atoms. The van der Waals surface area contributed by atoms with E-state index in [1.54, 1.807) is 0 Å². The van der Waals surface area contributed by atoms with E-state index < -0.39 is 22.4 Å². The first-order valence-electron chi connectivity index (χ1n) is 6.92. The predicted molar refractivity (Wildman–Crippen MR) is 84.1 cm³/mol. The molecule has 0 radical (unpaired) electrons. The lowest BCUT2D eigenvalue weighted by Gasteiger charge is -2.15. The molecule has 7 nitrogen and oxygen atoms in total. The van der Waals surface area contributed by atoms with Gasteiger partial charge in [0.05, 0.1) is 13.1 Å². The molecule has 1 aromatic carbocycles. The summed E-state index contributed by atoms with van der Waals surface area (Å²) in [5.74, 6) is 0. The number of cyclic esters (lactones) is 1. The number of hydrogen-bond donors (Lipinski definition) is 1. The lowest BCUT2D eigenvalue weighted by Crippen LogP contribution is -2.40. The summed E-state index contributed by atoms with van der Waals surface area (Å²) in [6.07, 6.45) is -0.970. The van der Waals surface area contributed by atoms with Crippen molar-refractivity contribution in [2.45, 2.75) is 20.0 Å². The van der Waals surface area contributed by atoms with Crippen LogP contribution in [0.15, 0.2) is 18.2 Å². The number of aryl methyl sites for hydroxylation is 2. The van der Waals surface area contributed by atoms with Crippen molar-refractivity contribution in [3.8, 4) is 0 Å². The summed E-state index contributed by atoms with van der Waals surface area (Å²) in [5, 5.41) is 0. The molecule has 0 saturated carbocycles. The van der Waals surface area contributed by atoms with Gasteiger partial charge in [-0.2, -0.15) is 17.4 Å². The highest BCUT2D eigenvalue weighted by molar-refractivity contribution is 7.87. The van der Waals surface area contributed by atoms with Crippen molar-refractivity contribution in [3.05, 3.63) is 29.3 Å². The van der Waals surface area contributed by atoms with E-state index in [1.807, 2.05) is 32.0 Å². The minimum absolute atomic E-state index is 0.0492. The number of hydrogen-bond acceptors (Lipinski definition) is 4. The van der Waals surface area contributed by atoms with Crippen molar-refractivity contribution < 1.29 is 17.9 Å². The number of amides is 1. The third-order valence-corrected chi connectivity index (χ3v) is 4.86. The van der Waals surface area contributed by atoms with Crippen LogP contribution >= 0.6 is 0 Å². The Labute approximate surface area is 131 Å². The van der Waals surface area contributed by atoms with E-state index in [9.17, 15) is 13.2 Å². The first kappa shape index (κ1) is 16.7. The molecular weight excluding hydrogens is 306 g/mol. The molecule has 1 fully saturated rings. The minimum atomic E-state index is -3.53. The van der Waals surface area contributed by atoms with E-state index in [0.717, 1.165) is 21.1 Å². The summed E-state index contributed by atoms with van der Waals surface area (Å²) < 4.78 is 32.0. The summed E-state index contributed by atoms with van der Waals surface area (Å²) in [6, 6.07) is 5.83. The Morgan fingerprint density at radius 2 is 1.86 bits per heavy atom. The highest BCUT2D eigenvalue weighted by atomic mass is 32.2. The van der Waals surface area contributed by atoms with Gasteiger partial charge < -0.3 is 4.74 Å². The van der Waals surface area contributed by atoms with Crippen LogP contribution in [0, 0.1) is 13.8 Å². The van der Waals surface area contributed by atoms with Crippen molar-refractivity contribution in [3.63, 3.8) is 0 Å². The van der Waals surface area contributed by atoms with Gasteiger partial charge in [-0.05, 0) is 37.1 Å². The minimum Gasteiger partial charge on any atom is -0.443 e. The third kappa shape index (κ3) is 3.76. The summed E-state index contributed by atoms with van der Waals surface area (Å²) in [4.78, 5) is 13.5. The smallest absolute Gasteiger partial charge is 0.414 e. The summed E-state index contributed by atoms with van der Waals surface area (Å²) in [5.41, 5.74) is 2.87. The zero-order chi connectivity index (χ0) is 16.5. The molecule has 1 amide bonds.